The highest BCUT2D eigenvalue weighted by atomic mass is 33.1. The molecule has 0 aromatic heterocycles. The molecular weight excluding hydrogens is 473 g/mol. The molecule has 2 rings (SSSR count). The van der Waals surface area contributed by atoms with Crippen molar-refractivity contribution in [1.29, 1.82) is 0 Å². The molecule has 0 bridgehead atoms. The fraction of sp³-hybridized carbons (Fsp3) is 0.474. The number of rotatable bonds is 10. The highest BCUT2D eigenvalue weighted by molar-refractivity contribution is 8.76. The molecule has 178 valence electrons. The van der Waals surface area contributed by atoms with Crippen LogP contribution in [0.2, 0.25) is 0 Å². The molecule has 1 aliphatic heterocycles. The molecule has 1 saturated heterocycles. The number of benzene rings is 1. The first-order valence-corrected chi connectivity index (χ1v) is 11.8. The van der Waals surface area contributed by atoms with Gasteiger partial charge in [-0.15, -0.1) is 0 Å². The van der Waals surface area contributed by atoms with Crippen LogP contribution in [0.5, 0.6) is 0 Å². The van der Waals surface area contributed by atoms with E-state index in [0.717, 1.165) is 5.56 Å². The van der Waals surface area contributed by atoms with Crippen molar-refractivity contribution < 1.29 is 42.6 Å². The molecule has 0 saturated carbocycles. The van der Waals surface area contributed by atoms with Gasteiger partial charge in [0.25, 0.3) is 0 Å². The number of halogens is 3. The van der Waals surface area contributed by atoms with E-state index in [2.05, 4.69) is 5.32 Å². The van der Waals surface area contributed by atoms with E-state index in [1.54, 1.807) is 15.7 Å². The van der Waals surface area contributed by atoms with E-state index in [9.17, 15) is 27.6 Å². The minimum Gasteiger partial charge on any atom is -0.481 e. The maximum Gasteiger partial charge on any atom is 0.490 e. The number of carboxylic acids is 2. The standard InChI is InChI=1S/C17H22N2O4S2.C2HF3O2/c20-15-10-14(12-19(15)11-13-4-2-1-3-5-13)17(23)18-7-9-25-24-8-6-16(21)22;3-2(4,5)1(6)7/h1-5,14H,6-12H2,(H,18,23)(H,21,22);(H,6,7). The van der Waals surface area contributed by atoms with Crippen LogP contribution in [0.1, 0.15) is 18.4 Å². The number of hydrogen-bond acceptors (Lipinski definition) is 6. The van der Waals surface area contributed by atoms with E-state index in [0.29, 0.717) is 31.1 Å². The Morgan fingerprint density at radius 2 is 1.69 bits per heavy atom. The quantitative estimate of drug-likeness (QED) is 0.334. The van der Waals surface area contributed by atoms with Crippen molar-refractivity contribution in [1.82, 2.24) is 10.2 Å². The molecule has 1 aliphatic rings. The number of hydrogen-bond donors (Lipinski definition) is 3. The molecule has 1 aromatic rings. The summed E-state index contributed by atoms with van der Waals surface area (Å²) >= 11 is 0. The lowest BCUT2D eigenvalue weighted by Crippen LogP contribution is -2.34. The van der Waals surface area contributed by atoms with Crippen LogP contribution in [-0.4, -0.2) is 69.6 Å². The number of carbonyl (C=O) groups excluding carboxylic acids is 2. The molecule has 1 unspecified atom stereocenters. The summed E-state index contributed by atoms with van der Waals surface area (Å²) in [7, 11) is 3.03. The zero-order valence-electron chi connectivity index (χ0n) is 16.8. The second kappa shape index (κ2) is 13.9. The third-order valence-electron chi connectivity index (χ3n) is 4.01. The van der Waals surface area contributed by atoms with Gasteiger partial charge in [0, 0.05) is 37.6 Å². The van der Waals surface area contributed by atoms with Gasteiger partial charge in [-0.1, -0.05) is 51.9 Å². The molecule has 0 radical (unpaired) electrons. The Bertz CT molecular complexity index is 780. The van der Waals surface area contributed by atoms with Crippen molar-refractivity contribution in [3.8, 4) is 0 Å². The van der Waals surface area contributed by atoms with Crippen molar-refractivity contribution in [3.63, 3.8) is 0 Å². The number of carbonyl (C=O) groups is 4. The van der Waals surface area contributed by atoms with Crippen LogP contribution >= 0.6 is 21.6 Å². The van der Waals surface area contributed by atoms with E-state index in [-0.39, 0.29) is 30.6 Å². The van der Waals surface area contributed by atoms with Crippen molar-refractivity contribution in [2.24, 2.45) is 5.92 Å². The average molecular weight is 497 g/mol. The number of amides is 2. The SMILES string of the molecule is O=C(O)C(F)(F)F.O=C(O)CCSSCCNC(=O)C1CC(=O)N(Cc2ccccc2)C1. The Hall–Kier alpha value is -2.41. The number of likely N-dealkylation sites (tertiary alicyclic amines) is 1. The molecule has 3 N–H and O–H groups in total. The third kappa shape index (κ3) is 11.3. The summed E-state index contributed by atoms with van der Waals surface area (Å²) in [4.78, 5) is 45.3. The molecule has 0 spiro atoms. The lowest BCUT2D eigenvalue weighted by Gasteiger charge is -2.16. The van der Waals surface area contributed by atoms with Crippen molar-refractivity contribution in [2.75, 3.05) is 24.6 Å². The Labute approximate surface area is 190 Å². The largest absolute Gasteiger partial charge is 0.490 e. The Balaban J connectivity index is 0.000000633. The van der Waals surface area contributed by atoms with Crippen molar-refractivity contribution >= 4 is 45.3 Å². The number of nitrogens with zero attached hydrogens (tertiary/aromatic N) is 1. The molecule has 1 fully saturated rings. The summed E-state index contributed by atoms with van der Waals surface area (Å²) in [6, 6.07) is 9.75. The Kier molecular flexibility index (Phi) is 12.0. The minimum atomic E-state index is -5.08. The normalized spacial score (nSPS) is 15.7. The first kappa shape index (κ1) is 27.6. The second-order valence-electron chi connectivity index (χ2n) is 6.54. The third-order valence-corrected chi connectivity index (χ3v) is 6.42. The predicted molar refractivity (Wildman–Crippen MR) is 114 cm³/mol. The van der Waals surface area contributed by atoms with Gasteiger partial charge >= 0.3 is 18.1 Å². The van der Waals surface area contributed by atoms with E-state index in [1.807, 2.05) is 30.3 Å². The van der Waals surface area contributed by atoms with Gasteiger partial charge in [-0.05, 0) is 5.56 Å². The highest BCUT2D eigenvalue weighted by Gasteiger charge is 2.38. The summed E-state index contributed by atoms with van der Waals surface area (Å²) in [5.41, 5.74) is 1.06. The molecule has 1 heterocycles. The first-order valence-electron chi connectivity index (χ1n) is 9.36. The topological polar surface area (TPSA) is 124 Å². The fourth-order valence-corrected chi connectivity index (χ4v) is 4.40. The summed E-state index contributed by atoms with van der Waals surface area (Å²) in [6.07, 6.45) is -4.68. The van der Waals surface area contributed by atoms with E-state index >= 15 is 0 Å². The summed E-state index contributed by atoms with van der Waals surface area (Å²) in [5.74, 6) is -2.65. The molecule has 1 aromatic carbocycles. The van der Waals surface area contributed by atoms with Gasteiger partial charge < -0.3 is 20.4 Å². The van der Waals surface area contributed by atoms with Crippen LogP contribution in [0.3, 0.4) is 0 Å². The number of carboxylic acid groups (broad SMARTS) is 2. The fourth-order valence-electron chi connectivity index (χ4n) is 2.51. The number of nitrogens with one attached hydrogen (secondary N) is 1. The molecule has 32 heavy (non-hydrogen) atoms. The van der Waals surface area contributed by atoms with Gasteiger partial charge in [-0.3, -0.25) is 14.4 Å². The van der Waals surface area contributed by atoms with Gasteiger partial charge in [-0.25, -0.2) is 4.79 Å². The molecule has 0 aliphatic carbocycles. The minimum absolute atomic E-state index is 0.0163. The Morgan fingerprint density at radius 3 is 2.25 bits per heavy atom. The van der Waals surface area contributed by atoms with Gasteiger partial charge in [-0.2, -0.15) is 13.2 Å². The number of alkyl halides is 3. The van der Waals surface area contributed by atoms with Crippen LogP contribution in [-0.2, 0) is 25.7 Å². The second-order valence-corrected chi connectivity index (χ2v) is 9.24. The lowest BCUT2D eigenvalue weighted by atomic mass is 10.1. The first-order chi connectivity index (χ1) is 15.0. The Morgan fingerprint density at radius 1 is 1.09 bits per heavy atom. The maximum absolute atomic E-state index is 12.2. The molecular formula is C19H23F3N2O6S2. The van der Waals surface area contributed by atoms with Crippen LogP contribution < -0.4 is 5.32 Å². The summed E-state index contributed by atoms with van der Waals surface area (Å²) in [6.45, 7) is 1.52. The van der Waals surface area contributed by atoms with Gasteiger partial charge in [0.1, 0.15) is 0 Å². The molecule has 8 nitrogen and oxygen atoms in total. The molecule has 2 amide bonds. The average Bonchev–Trinajstić information content (AvgIpc) is 3.08. The van der Waals surface area contributed by atoms with Crippen LogP contribution in [0.25, 0.3) is 0 Å². The number of aliphatic carboxylic acids is 2. The zero-order chi connectivity index (χ0) is 24.1. The van der Waals surface area contributed by atoms with Crippen LogP contribution in [0.4, 0.5) is 13.2 Å². The summed E-state index contributed by atoms with van der Waals surface area (Å²) < 4.78 is 31.7. The van der Waals surface area contributed by atoms with E-state index in [1.165, 1.54) is 10.8 Å². The van der Waals surface area contributed by atoms with Crippen LogP contribution in [0, 0.1) is 5.92 Å². The van der Waals surface area contributed by atoms with Gasteiger partial charge in [0.05, 0.1) is 12.3 Å². The van der Waals surface area contributed by atoms with E-state index in [4.69, 9.17) is 15.0 Å². The molecule has 13 heteroatoms. The lowest BCUT2D eigenvalue weighted by molar-refractivity contribution is -0.192. The predicted octanol–water partition coefficient (Wildman–Crippen LogP) is 2.64. The summed E-state index contributed by atoms with van der Waals surface area (Å²) in [5, 5.41) is 18.5. The van der Waals surface area contributed by atoms with Crippen molar-refractivity contribution in [3.05, 3.63) is 35.9 Å². The smallest absolute Gasteiger partial charge is 0.481 e. The van der Waals surface area contributed by atoms with Gasteiger partial charge in [0.15, 0.2) is 0 Å². The monoisotopic (exact) mass is 496 g/mol. The zero-order valence-corrected chi connectivity index (χ0v) is 18.5. The highest BCUT2D eigenvalue weighted by Crippen LogP contribution is 2.22. The van der Waals surface area contributed by atoms with E-state index < -0.39 is 18.1 Å². The van der Waals surface area contributed by atoms with Gasteiger partial charge in [0.2, 0.25) is 11.8 Å². The van der Waals surface area contributed by atoms with Crippen molar-refractivity contribution in [2.45, 2.75) is 25.6 Å². The maximum atomic E-state index is 12.2. The van der Waals surface area contributed by atoms with Crippen LogP contribution in [0.15, 0.2) is 30.3 Å². The molecule has 1 atom stereocenters.